The second-order valence-electron chi connectivity index (χ2n) is 6.12. The summed E-state index contributed by atoms with van der Waals surface area (Å²) in [5.74, 6) is 0.980. The molecule has 0 bridgehead atoms. The summed E-state index contributed by atoms with van der Waals surface area (Å²) in [6.45, 7) is 3.89. The van der Waals surface area contributed by atoms with Crippen LogP contribution < -0.4 is 10.1 Å². The zero-order valence-electron chi connectivity index (χ0n) is 11.4. The lowest BCUT2D eigenvalue weighted by Crippen LogP contribution is -2.57. The van der Waals surface area contributed by atoms with Crippen LogP contribution in [0.4, 0.5) is 0 Å². The maximum atomic E-state index is 12.4. The minimum absolute atomic E-state index is 0.112. The third-order valence-corrected chi connectivity index (χ3v) is 6.54. The minimum atomic E-state index is -3.06. The van der Waals surface area contributed by atoms with E-state index in [0.29, 0.717) is 6.42 Å². The standard InChI is InChI=1S/C14H19NO3S/c1-14(2)8-19(16,17)12-6-9-4-5-10(18-3)7-11(9)13(12)15-14/h4-5,7,12-13,15H,6,8H2,1-3H3. The van der Waals surface area contributed by atoms with Crippen molar-refractivity contribution in [3.8, 4) is 5.75 Å². The van der Waals surface area contributed by atoms with Crippen molar-refractivity contribution in [1.29, 1.82) is 0 Å². The molecule has 104 valence electrons. The van der Waals surface area contributed by atoms with Gasteiger partial charge in [0.1, 0.15) is 5.75 Å². The Morgan fingerprint density at radius 3 is 2.79 bits per heavy atom. The van der Waals surface area contributed by atoms with E-state index in [4.69, 9.17) is 4.74 Å². The molecule has 1 aliphatic heterocycles. The summed E-state index contributed by atoms with van der Waals surface area (Å²) >= 11 is 0. The molecule has 2 unspecified atom stereocenters. The molecule has 0 spiro atoms. The predicted molar refractivity (Wildman–Crippen MR) is 74.2 cm³/mol. The predicted octanol–water partition coefficient (Wildman–Crippen LogP) is 1.46. The maximum Gasteiger partial charge on any atom is 0.157 e. The van der Waals surface area contributed by atoms with Crippen LogP contribution in [0.5, 0.6) is 5.75 Å². The number of rotatable bonds is 1. The fourth-order valence-electron chi connectivity index (χ4n) is 3.29. The first kappa shape index (κ1) is 12.9. The van der Waals surface area contributed by atoms with E-state index in [0.717, 1.165) is 16.9 Å². The van der Waals surface area contributed by atoms with E-state index in [2.05, 4.69) is 5.32 Å². The Hall–Kier alpha value is -1.07. The van der Waals surface area contributed by atoms with Crippen LogP contribution in [0.3, 0.4) is 0 Å². The van der Waals surface area contributed by atoms with Crippen LogP contribution in [0.1, 0.15) is 31.0 Å². The van der Waals surface area contributed by atoms with Crippen LogP contribution in [-0.2, 0) is 16.3 Å². The minimum Gasteiger partial charge on any atom is -0.497 e. The van der Waals surface area contributed by atoms with Gasteiger partial charge in [0.15, 0.2) is 9.84 Å². The highest BCUT2D eigenvalue weighted by Gasteiger charge is 2.48. The van der Waals surface area contributed by atoms with Gasteiger partial charge in [0.25, 0.3) is 0 Å². The lowest BCUT2D eigenvalue weighted by molar-refractivity contribution is 0.338. The molecule has 1 saturated heterocycles. The van der Waals surface area contributed by atoms with Gasteiger partial charge in [-0.05, 0) is 43.5 Å². The van der Waals surface area contributed by atoms with E-state index in [1.54, 1.807) is 7.11 Å². The molecule has 1 aromatic carbocycles. The highest BCUT2D eigenvalue weighted by molar-refractivity contribution is 7.92. The Morgan fingerprint density at radius 2 is 2.11 bits per heavy atom. The van der Waals surface area contributed by atoms with Gasteiger partial charge in [-0.1, -0.05) is 6.07 Å². The first-order valence-electron chi connectivity index (χ1n) is 6.48. The smallest absolute Gasteiger partial charge is 0.157 e. The summed E-state index contributed by atoms with van der Waals surface area (Å²) in [6.07, 6.45) is 0.607. The van der Waals surface area contributed by atoms with E-state index in [-0.39, 0.29) is 22.6 Å². The van der Waals surface area contributed by atoms with E-state index < -0.39 is 9.84 Å². The van der Waals surface area contributed by atoms with Gasteiger partial charge in [-0.15, -0.1) is 0 Å². The molecule has 2 aliphatic rings. The highest BCUT2D eigenvalue weighted by Crippen LogP contribution is 2.42. The van der Waals surface area contributed by atoms with Crippen molar-refractivity contribution in [1.82, 2.24) is 5.32 Å². The average Bonchev–Trinajstić information content (AvgIpc) is 2.65. The zero-order valence-corrected chi connectivity index (χ0v) is 12.3. The van der Waals surface area contributed by atoms with Crippen molar-refractivity contribution in [3.05, 3.63) is 29.3 Å². The number of benzene rings is 1. The maximum absolute atomic E-state index is 12.4. The molecule has 2 atom stereocenters. The molecule has 4 nitrogen and oxygen atoms in total. The van der Waals surface area contributed by atoms with Crippen molar-refractivity contribution in [2.45, 2.75) is 37.1 Å². The third kappa shape index (κ3) is 2.05. The fraction of sp³-hybridized carbons (Fsp3) is 0.571. The van der Waals surface area contributed by atoms with Crippen molar-refractivity contribution >= 4 is 9.84 Å². The summed E-state index contributed by atoms with van der Waals surface area (Å²) in [5, 5.41) is 3.15. The molecule has 1 aromatic rings. The van der Waals surface area contributed by atoms with Gasteiger partial charge in [-0.3, -0.25) is 0 Å². The van der Waals surface area contributed by atoms with Gasteiger partial charge in [0.2, 0.25) is 0 Å². The van der Waals surface area contributed by atoms with Gasteiger partial charge < -0.3 is 10.1 Å². The lowest BCUT2D eigenvalue weighted by Gasteiger charge is -2.39. The summed E-state index contributed by atoms with van der Waals surface area (Å²) in [4.78, 5) is 0. The summed E-state index contributed by atoms with van der Waals surface area (Å²) in [5.41, 5.74) is 1.80. The van der Waals surface area contributed by atoms with Crippen molar-refractivity contribution in [2.24, 2.45) is 0 Å². The normalized spacial score (nSPS) is 30.5. The van der Waals surface area contributed by atoms with Crippen LogP contribution in [0, 0.1) is 0 Å². The van der Waals surface area contributed by atoms with Gasteiger partial charge in [0, 0.05) is 5.54 Å². The van der Waals surface area contributed by atoms with Gasteiger partial charge in [-0.25, -0.2) is 8.42 Å². The van der Waals surface area contributed by atoms with Crippen LogP contribution in [0.15, 0.2) is 18.2 Å². The van der Waals surface area contributed by atoms with Crippen LogP contribution in [-0.4, -0.2) is 32.1 Å². The Kier molecular flexibility index (Phi) is 2.70. The molecule has 1 heterocycles. The largest absolute Gasteiger partial charge is 0.497 e. The molecule has 0 aromatic heterocycles. The number of sulfone groups is 1. The Balaban J connectivity index is 2.09. The molecule has 19 heavy (non-hydrogen) atoms. The quantitative estimate of drug-likeness (QED) is 0.846. The highest BCUT2D eigenvalue weighted by atomic mass is 32.2. The van der Waals surface area contributed by atoms with Gasteiger partial charge in [-0.2, -0.15) is 0 Å². The van der Waals surface area contributed by atoms with Crippen molar-refractivity contribution < 1.29 is 13.2 Å². The summed E-state index contributed by atoms with van der Waals surface area (Å²) in [7, 11) is -1.43. The molecular formula is C14H19NO3S. The zero-order chi connectivity index (χ0) is 13.8. The fourth-order valence-corrected chi connectivity index (χ4v) is 5.65. The van der Waals surface area contributed by atoms with E-state index in [9.17, 15) is 8.42 Å². The van der Waals surface area contributed by atoms with Gasteiger partial charge >= 0.3 is 0 Å². The second-order valence-corrected chi connectivity index (χ2v) is 8.34. The SMILES string of the molecule is COc1ccc2c(c1)C1NC(C)(C)CS(=O)(=O)C1C2. The molecule has 5 heteroatoms. The van der Waals surface area contributed by atoms with Crippen molar-refractivity contribution in [2.75, 3.05) is 12.9 Å². The second kappa shape index (κ2) is 3.96. The Labute approximate surface area is 114 Å². The van der Waals surface area contributed by atoms with E-state index in [1.807, 2.05) is 32.0 Å². The first-order valence-corrected chi connectivity index (χ1v) is 8.20. The molecule has 1 aliphatic carbocycles. The van der Waals surface area contributed by atoms with Gasteiger partial charge in [0.05, 0.1) is 24.2 Å². The summed E-state index contributed by atoms with van der Waals surface area (Å²) < 4.78 is 30.1. The monoisotopic (exact) mass is 281 g/mol. The number of hydrogen-bond acceptors (Lipinski definition) is 4. The first-order chi connectivity index (χ1) is 8.82. The lowest BCUT2D eigenvalue weighted by atomic mass is 10.0. The number of hydrogen-bond donors (Lipinski definition) is 1. The number of ether oxygens (including phenoxy) is 1. The Bertz CT molecular complexity index is 622. The molecule has 3 rings (SSSR count). The number of methoxy groups -OCH3 is 1. The van der Waals surface area contributed by atoms with Crippen LogP contribution in [0.2, 0.25) is 0 Å². The molecule has 1 fully saturated rings. The Morgan fingerprint density at radius 1 is 1.37 bits per heavy atom. The molecule has 0 amide bonds. The molecule has 0 saturated carbocycles. The number of nitrogens with one attached hydrogen (secondary N) is 1. The number of fused-ring (bicyclic) bond motifs is 3. The van der Waals surface area contributed by atoms with E-state index >= 15 is 0 Å². The molecular weight excluding hydrogens is 262 g/mol. The van der Waals surface area contributed by atoms with E-state index in [1.165, 1.54) is 0 Å². The van der Waals surface area contributed by atoms with Crippen LogP contribution in [0.25, 0.3) is 0 Å². The van der Waals surface area contributed by atoms with Crippen LogP contribution >= 0.6 is 0 Å². The molecule has 1 N–H and O–H groups in total. The van der Waals surface area contributed by atoms with Crippen molar-refractivity contribution in [3.63, 3.8) is 0 Å². The average molecular weight is 281 g/mol. The summed E-state index contributed by atoms with van der Waals surface area (Å²) in [6, 6.07) is 5.73. The third-order valence-electron chi connectivity index (χ3n) is 4.05. The topological polar surface area (TPSA) is 55.4 Å². The molecule has 0 radical (unpaired) electrons.